The van der Waals surface area contributed by atoms with Crippen LogP contribution in [0.3, 0.4) is 0 Å². The number of hydrogen-bond acceptors (Lipinski definition) is 5. The van der Waals surface area contributed by atoms with Gasteiger partial charge in [0.1, 0.15) is 0 Å². The molecule has 8 heteroatoms. The Bertz CT molecular complexity index is 1160. The Kier molecular flexibility index (Phi) is 5.56. The highest BCUT2D eigenvalue weighted by molar-refractivity contribution is 9.10. The third kappa shape index (κ3) is 3.62. The van der Waals surface area contributed by atoms with E-state index >= 15 is 0 Å². The molecule has 0 saturated heterocycles. The van der Waals surface area contributed by atoms with Gasteiger partial charge in [-0.3, -0.25) is 23.9 Å². The summed E-state index contributed by atoms with van der Waals surface area (Å²) in [7, 11) is 0. The van der Waals surface area contributed by atoms with Crippen LogP contribution in [0.5, 0.6) is 0 Å². The van der Waals surface area contributed by atoms with Gasteiger partial charge in [0.25, 0.3) is 17.4 Å². The first-order valence-corrected chi connectivity index (χ1v) is 11.1. The molecule has 29 heavy (non-hydrogen) atoms. The maximum atomic E-state index is 12.9. The zero-order valence-electron chi connectivity index (χ0n) is 15.7. The fraction of sp³-hybridized carbons (Fsp3) is 0.238. The fourth-order valence-electron chi connectivity index (χ4n) is 3.37. The summed E-state index contributed by atoms with van der Waals surface area (Å²) < 4.78 is 2.50. The van der Waals surface area contributed by atoms with E-state index in [1.54, 1.807) is 34.9 Å². The molecular formula is C21H18BrN3O3S. The van der Waals surface area contributed by atoms with Crippen molar-refractivity contribution in [3.63, 3.8) is 0 Å². The lowest BCUT2D eigenvalue weighted by atomic mass is 10.1. The maximum absolute atomic E-state index is 12.9. The van der Waals surface area contributed by atoms with Crippen molar-refractivity contribution in [2.45, 2.75) is 25.0 Å². The third-order valence-electron chi connectivity index (χ3n) is 4.75. The first-order chi connectivity index (χ1) is 14.0. The minimum absolute atomic E-state index is 0.0821. The van der Waals surface area contributed by atoms with Gasteiger partial charge in [-0.2, -0.15) is 0 Å². The number of carbonyl (C=O) groups is 2. The Hall–Kier alpha value is -2.45. The van der Waals surface area contributed by atoms with Crippen LogP contribution in [-0.2, 0) is 6.54 Å². The summed E-state index contributed by atoms with van der Waals surface area (Å²) in [5.74, 6) is -0.0779. The molecule has 0 N–H and O–H groups in total. The summed E-state index contributed by atoms with van der Waals surface area (Å²) in [5.41, 5.74) is 1.44. The van der Waals surface area contributed by atoms with Crippen molar-refractivity contribution in [2.75, 3.05) is 12.3 Å². The molecule has 0 unspecified atom stereocenters. The van der Waals surface area contributed by atoms with Crippen LogP contribution in [0.4, 0.5) is 0 Å². The van der Waals surface area contributed by atoms with Crippen LogP contribution in [0.15, 0.2) is 56.9 Å². The van der Waals surface area contributed by atoms with E-state index in [0.717, 1.165) is 10.9 Å². The van der Waals surface area contributed by atoms with E-state index in [4.69, 9.17) is 0 Å². The Morgan fingerprint density at radius 3 is 2.34 bits per heavy atom. The summed E-state index contributed by atoms with van der Waals surface area (Å²) in [5, 5.41) is 1.17. The first-order valence-electron chi connectivity index (χ1n) is 9.29. The minimum atomic E-state index is -0.270. The standard InChI is InChI=1S/C21H18BrN3O3S/c1-2-9-25-20(28)16-12-13(22)7-8-17(16)23-21(25)29-11-10-24-18(26)14-5-3-4-6-15(14)19(24)27/h3-8,12H,2,9-11H2,1H3. The number of rotatable bonds is 6. The van der Waals surface area contributed by atoms with Crippen LogP contribution in [0.25, 0.3) is 10.9 Å². The molecule has 2 heterocycles. The second-order valence-corrected chi connectivity index (χ2v) is 8.65. The van der Waals surface area contributed by atoms with E-state index in [0.29, 0.717) is 39.5 Å². The van der Waals surface area contributed by atoms with Crippen LogP contribution >= 0.6 is 27.7 Å². The van der Waals surface area contributed by atoms with E-state index in [9.17, 15) is 14.4 Å². The number of benzene rings is 2. The number of aromatic nitrogens is 2. The molecule has 0 saturated carbocycles. The number of hydrogen-bond donors (Lipinski definition) is 0. The van der Waals surface area contributed by atoms with Crippen molar-refractivity contribution >= 4 is 50.4 Å². The van der Waals surface area contributed by atoms with E-state index in [-0.39, 0.29) is 23.9 Å². The molecule has 1 aliphatic heterocycles. The predicted molar refractivity (Wildman–Crippen MR) is 117 cm³/mol. The average molecular weight is 472 g/mol. The SMILES string of the molecule is CCCn1c(SCCN2C(=O)c3ccccc3C2=O)nc2ccc(Br)cc2c1=O. The van der Waals surface area contributed by atoms with Crippen LogP contribution in [0, 0.1) is 0 Å². The quantitative estimate of drug-likeness (QED) is 0.309. The third-order valence-corrected chi connectivity index (χ3v) is 6.20. The lowest BCUT2D eigenvalue weighted by molar-refractivity contribution is 0.0664. The van der Waals surface area contributed by atoms with Gasteiger partial charge in [0.2, 0.25) is 0 Å². The van der Waals surface area contributed by atoms with Crippen molar-refractivity contribution < 1.29 is 9.59 Å². The second-order valence-electron chi connectivity index (χ2n) is 6.67. The number of halogens is 1. The van der Waals surface area contributed by atoms with Crippen molar-refractivity contribution in [1.29, 1.82) is 0 Å². The van der Waals surface area contributed by atoms with Crippen LogP contribution < -0.4 is 5.56 Å². The van der Waals surface area contributed by atoms with Gasteiger partial charge >= 0.3 is 0 Å². The number of amides is 2. The minimum Gasteiger partial charge on any atom is -0.287 e. The number of fused-ring (bicyclic) bond motifs is 2. The number of imide groups is 1. The van der Waals surface area contributed by atoms with Crippen molar-refractivity contribution in [3.8, 4) is 0 Å². The largest absolute Gasteiger partial charge is 0.287 e. The Morgan fingerprint density at radius 2 is 1.69 bits per heavy atom. The van der Waals surface area contributed by atoms with E-state index in [2.05, 4.69) is 20.9 Å². The smallest absolute Gasteiger partial charge is 0.262 e. The molecule has 2 aromatic carbocycles. The highest BCUT2D eigenvalue weighted by Crippen LogP contribution is 2.25. The van der Waals surface area contributed by atoms with Gasteiger partial charge in [-0.1, -0.05) is 46.7 Å². The van der Waals surface area contributed by atoms with Crippen LogP contribution in [0.1, 0.15) is 34.1 Å². The van der Waals surface area contributed by atoms with E-state index in [1.165, 1.54) is 16.7 Å². The zero-order chi connectivity index (χ0) is 20.5. The molecule has 0 aliphatic carbocycles. The summed E-state index contributed by atoms with van der Waals surface area (Å²) in [6, 6.07) is 12.3. The normalized spacial score (nSPS) is 13.4. The van der Waals surface area contributed by atoms with Gasteiger partial charge in [0.05, 0.1) is 22.0 Å². The topological polar surface area (TPSA) is 72.3 Å². The molecule has 148 valence electrons. The number of carbonyl (C=O) groups excluding carboxylic acids is 2. The molecule has 0 radical (unpaired) electrons. The summed E-state index contributed by atoms with van der Waals surface area (Å²) in [4.78, 5) is 43.9. The van der Waals surface area contributed by atoms with Gasteiger partial charge in [-0.25, -0.2) is 4.98 Å². The molecule has 0 fully saturated rings. The first kappa shape index (κ1) is 19.8. The van der Waals surface area contributed by atoms with Gasteiger partial charge in [0, 0.05) is 23.3 Å². The Balaban J connectivity index is 1.57. The number of nitrogens with zero attached hydrogens (tertiary/aromatic N) is 3. The lowest BCUT2D eigenvalue weighted by Crippen LogP contribution is -2.32. The van der Waals surface area contributed by atoms with Gasteiger partial charge in [-0.05, 0) is 36.8 Å². The van der Waals surface area contributed by atoms with Gasteiger partial charge in [0.15, 0.2) is 5.16 Å². The molecule has 2 amide bonds. The Morgan fingerprint density at radius 1 is 1.00 bits per heavy atom. The highest BCUT2D eigenvalue weighted by Gasteiger charge is 2.34. The van der Waals surface area contributed by atoms with E-state index < -0.39 is 0 Å². The summed E-state index contributed by atoms with van der Waals surface area (Å²) in [6.45, 7) is 2.83. The predicted octanol–water partition coefficient (Wildman–Crippen LogP) is 3.96. The molecule has 0 spiro atoms. The maximum Gasteiger partial charge on any atom is 0.262 e. The monoisotopic (exact) mass is 471 g/mol. The zero-order valence-corrected chi connectivity index (χ0v) is 18.1. The van der Waals surface area contributed by atoms with Crippen molar-refractivity contribution in [2.24, 2.45) is 0 Å². The molecule has 6 nitrogen and oxygen atoms in total. The molecule has 0 atom stereocenters. The average Bonchev–Trinajstić information content (AvgIpc) is 2.96. The molecule has 4 rings (SSSR count). The van der Waals surface area contributed by atoms with Crippen molar-refractivity contribution in [1.82, 2.24) is 14.5 Å². The summed E-state index contributed by atoms with van der Waals surface area (Å²) in [6.07, 6.45) is 0.799. The second kappa shape index (κ2) is 8.12. The molecule has 1 aliphatic rings. The van der Waals surface area contributed by atoms with Gasteiger partial charge < -0.3 is 0 Å². The van der Waals surface area contributed by atoms with Crippen LogP contribution in [0.2, 0.25) is 0 Å². The molecular weight excluding hydrogens is 454 g/mol. The highest BCUT2D eigenvalue weighted by atomic mass is 79.9. The fourth-order valence-corrected chi connectivity index (χ4v) is 4.68. The van der Waals surface area contributed by atoms with E-state index in [1.807, 2.05) is 19.1 Å². The molecule has 0 bridgehead atoms. The Labute approximate surface area is 180 Å². The molecule has 3 aromatic rings. The lowest BCUT2D eigenvalue weighted by Gasteiger charge is -2.15. The van der Waals surface area contributed by atoms with Gasteiger partial charge in [-0.15, -0.1) is 0 Å². The summed E-state index contributed by atoms with van der Waals surface area (Å²) >= 11 is 4.79. The van der Waals surface area contributed by atoms with Crippen LogP contribution in [-0.4, -0.2) is 38.6 Å². The molecule has 1 aromatic heterocycles. The van der Waals surface area contributed by atoms with Crippen molar-refractivity contribution in [3.05, 3.63) is 68.4 Å². The number of thioether (sulfide) groups is 1.